The molecule has 0 radical (unpaired) electrons. The molecule has 0 saturated carbocycles. The highest BCUT2D eigenvalue weighted by molar-refractivity contribution is 8.00. The first-order chi connectivity index (χ1) is 16.8. The molecular formula is C25H26N6O2S. The second kappa shape index (κ2) is 10.7. The Morgan fingerprint density at radius 3 is 2.44 bits per heavy atom. The molecule has 0 spiro atoms. The number of carbonyl (C=O) groups excluding carboxylic acids is 1. The van der Waals surface area contributed by atoms with Gasteiger partial charge in [0.1, 0.15) is 23.7 Å². The maximum atomic E-state index is 12.8. The van der Waals surface area contributed by atoms with Crippen molar-refractivity contribution in [1.29, 1.82) is 0 Å². The maximum Gasteiger partial charge on any atom is 0.233 e. The molecule has 1 amide bonds. The van der Waals surface area contributed by atoms with Crippen LogP contribution in [0.5, 0.6) is 5.75 Å². The van der Waals surface area contributed by atoms with Crippen LogP contribution in [0.4, 0.5) is 0 Å². The Morgan fingerprint density at radius 2 is 1.68 bits per heavy atom. The second-order valence-corrected chi connectivity index (χ2v) is 8.94. The highest BCUT2D eigenvalue weighted by atomic mass is 32.2. The van der Waals surface area contributed by atoms with E-state index >= 15 is 0 Å². The summed E-state index contributed by atoms with van der Waals surface area (Å²) in [5.74, 6) is 1.37. The Morgan fingerprint density at radius 1 is 0.941 bits per heavy atom. The smallest absolute Gasteiger partial charge is 0.233 e. The number of thioether (sulfide) groups is 1. The van der Waals surface area contributed by atoms with Crippen LogP contribution >= 0.6 is 11.8 Å². The van der Waals surface area contributed by atoms with Gasteiger partial charge in [-0.15, -0.1) is 0 Å². The number of nitrogens with zero attached hydrogens (tertiary/aromatic N) is 6. The van der Waals surface area contributed by atoms with Gasteiger partial charge in [0.25, 0.3) is 0 Å². The summed E-state index contributed by atoms with van der Waals surface area (Å²) in [7, 11) is 0. The molecule has 174 valence electrons. The molecule has 9 heteroatoms. The molecule has 0 atom stereocenters. The number of benzene rings is 2. The number of para-hydroxylation sites is 2. The summed E-state index contributed by atoms with van der Waals surface area (Å²) in [6.07, 6.45) is 3.30. The third-order valence-corrected chi connectivity index (χ3v) is 6.80. The zero-order valence-electron chi connectivity index (χ0n) is 18.8. The number of aromatic nitrogens is 4. The summed E-state index contributed by atoms with van der Waals surface area (Å²) in [4.78, 5) is 25.9. The number of hydrogen-bond donors (Lipinski definition) is 0. The van der Waals surface area contributed by atoms with E-state index in [0.717, 1.165) is 60.2 Å². The predicted molar refractivity (Wildman–Crippen MR) is 132 cm³/mol. The van der Waals surface area contributed by atoms with Gasteiger partial charge >= 0.3 is 0 Å². The van der Waals surface area contributed by atoms with Gasteiger partial charge in [0, 0.05) is 32.7 Å². The standard InChI is InChI=1S/C25H26N6O2S/c32-23(30-13-11-29(12-14-30)15-16-33-21-9-5-2-6-10-21)18-34-25-22-17-28-31(24(22)26-19-27-25)20-7-3-1-4-8-20/h1-10,17,19H,11-16,18H2. The van der Waals surface area contributed by atoms with Gasteiger partial charge in [-0.25, -0.2) is 14.6 Å². The number of piperazine rings is 1. The molecule has 0 unspecified atom stereocenters. The monoisotopic (exact) mass is 474 g/mol. The predicted octanol–water partition coefficient (Wildman–Crippen LogP) is 3.13. The molecule has 34 heavy (non-hydrogen) atoms. The molecule has 1 saturated heterocycles. The first-order valence-corrected chi connectivity index (χ1v) is 12.3. The number of carbonyl (C=O) groups is 1. The van der Waals surface area contributed by atoms with Crippen molar-refractivity contribution in [3.8, 4) is 11.4 Å². The summed E-state index contributed by atoms with van der Waals surface area (Å²) >= 11 is 1.44. The zero-order chi connectivity index (χ0) is 23.2. The van der Waals surface area contributed by atoms with Crippen molar-refractivity contribution in [3.05, 3.63) is 73.2 Å². The first-order valence-electron chi connectivity index (χ1n) is 11.3. The van der Waals surface area contributed by atoms with E-state index in [1.807, 2.05) is 65.6 Å². The Balaban J connectivity index is 1.12. The van der Waals surface area contributed by atoms with E-state index in [2.05, 4.69) is 20.0 Å². The lowest BCUT2D eigenvalue weighted by Crippen LogP contribution is -2.50. The molecular weight excluding hydrogens is 448 g/mol. The Kier molecular flexibility index (Phi) is 7.02. The maximum absolute atomic E-state index is 12.8. The van der Waals surface area contributed by atoms with Crippen LogP contribution in [0.3, 0.4) is 0 Å². The number of amides is 1. The molecule has 1 fully saturated rings. The molecule has 5 rings (SSSR count). The molecule has 1 aliphatic rings. The van der Waals surface area contributed by atoms with Crippen molar-refractivity contribution in [1.82, 2.24) is 29.5 Å². The van der Waals surface area contributed by atoms with Crippen LogP contribution in [-0.2, 0) is 4.79 Å². The average molecular weight is 475 g/mol. The minimum Gasteiger partial charge on any atom is -0.492 e. The summed E-state index contributed by atoms with van der Waals surface area (Å²) in [6.45, 7) is 4.68. The summed E-state index contributed by atoms with van der Waals surface area (Å²) in [5, 5.41) is 6.11. The van der Waals surface area contributed by atoms with E-state index in [1.54, 1.807) is 10.9 Å². The van der Waals surface area contributed by atoms with Crippen LogP contribution in [0.25, 0.3) is 16.7 Å². The first kappa shape index (κ1) is 22.4. The van der Waals surface area contributed by atoms with Crippen molar-refractivity contribution in [2.24, 2.45) is 0 Å². The summed E-state index contributed by atoms with van der Waals surface area (Å²) < 4.78 is 7.59. The van der Waals surface area contributed by atoms with Gasteiger partial charge in [-0.2, -0.15) is 5.10 Å². The highest BCUT2D eigenvalue weighted by Crippen LogP contribution is 2.26. The van der Waals surface area contributed by atoms with Crippen LogP contribution < -0.4 is 4.74 Å². The molecule has 0 bridgehead atoms. The SMILES string of the molecule is O=C(CSc1ncnc2c1cnn2-c1ccccc1)N1CCN(CCOc2ccccc2)CC1. The van der Waals surface area contributed by atoms with Crippen molar-refractivity contribution >= 4 is 28.7 Å². The van der Waals surface area contributed by atoms with Crippen molar-refractivity contribution in [3.63, 3.8) is 0 Å². The summed E-state index contributed by atoms with van der Waals surface area (Å²) in [5.41, 5.74) is 1.68. The fraction of sp³-hybridized carbons (Fsp3) is 0.280. The van der Waals surface area contributed by atoms with Crippen LogP contribution in [0.2, 0.25) is 0 Å². The van der Waals surface area contributed by atoms with Crippen LogP contribution in [0.1, 0.15) is 0 Å². The van der Waals surface area contributed by atoms with Crippen molar-refractivity contribution < 1.29 is 9.53 Å². The Labute approximate surface area is 202 Å². The molecule has 8 nitrogen and oxygen atoms in total. The number of fused-ring (bicyclic) bond motifs is 1. The molecule has 2 aromatic carbocycles. The Bertz CT molecular complexity index is 1230. The van der Waals surface area contributed by atoms with Gasteiger partial charge < -0.3 is 9.64 Å². The summed E-state index contributed by atoms with van der Waals surface area (Å²) in [6, 6.07) is 19.7. The topological polar surface area (TPSA) is 76.4 Å². The van der Waals surface area contributed by atoms with Gasteiger partial charge in [0.15, 0.2) is 5.65 Å². The van der Waals surface area contributed by atoms with Crippen LogP contribution in [0.15, 0.2) is 78.2 Å². The minimum absolute atomic E-state index is 0.132. The van der Waals surface area contributed by atoms with E-state index in [4.69, 9.17) is 4.74 Å². The van der Waals surface area contributed by atoms with Crippen LogP contribution in [-0.4, -0.2) is 80.5 Å². The van der Waals surface area contributed by atoms with Gasteiger partial charge in [-0.05, 0) is 24.3 Å². The van der Waals surface area contributed by atoms with E-state index in [9.17, 15) is 4.79 Å². The van der Waals surface area contributed by atoms with E-state index in [-0.39, 0.29) is 5.91 Å². The lowest BCUT2D eigenvalue weighted by atomic mass is 10.3. The number of rotatable bonds is 8. The molecule has 4 aromatic rings. The van der Waals surface area contributed by atoms with E-state index in [0.29, 0.717) is 12.4 Å². The molecule has 2 aromatic heterocycles. The van der Waals surface area contributed by atoms with E-state index < -0.39 is 0 Å². The van der Waals surface area contributed by atoms with E-state index in [1.165, 1.54) is 18.1 Å². The quantitative estimate of drug-likeness (QED) is 0.287. The largest absolute Gasteiger partial charge is 0.492 e. The zero-order valence-corrected chi connectivity index (χ0v) is 19.6. The lowest BCUT2D eigenvalue weighted by molar-refractivity contribution is -0.130. The average Bonchev–Trinajstić information content (AvgIpc) is 3.34. The van der Waals surface area contributed by atoms with Gasteiger partial charge in [-0.1, -0.05) is 48.2 Å². The fourth-order valence-electron chi connectivity index (χ4n) is 3.95. The second-order valence-electron chi connectivity index (χ2n) is 7.98. The van der Waals surface area contributed by atoms with Crippen LogP contribution in [0, 0.1) is 0 Å². The number of ether oxygens (including phenoxy) is 1. The highest BCUT2D eigenvalue weighted by Gasteiger charge is 2.22. The normalized spacial score (nSPS) is 14.4. The van der Waals surface area contributed by atoms with Gasteiger partial charge in [0.2, 0.25) is 5.91 Å². The third kappa shape index (κ3) is 5.21. The van der Waals surface area contributed by atoms with Gasteiger partial charge in [-0.3, -0.25) is 9.69 Å². The van der Waals surface area contributed by atoms with Crippen molar-refractivity contribution in [2.45, 2.75) is 5.03 Å². The molecule has 1 aliphatic heterocycles. The number of hydrogen-bond acceptors (Lipinski definition) is 7. The fourth-order valence-corrected chi connectivity index (χ4v) is 4.81. The molecule has 0 aliphatic carbocycles. The Hall–Kier alpha value is -3.43. The van der Waals surface area contributed by atoms with Gasteiger partial charge in [0.05, 0.1) is 23.0 Å². The third-order valence-electron chi connectivity index (χ3n) is 5.81. The van der Waals surface area contributed by atoms with Crippen molar-refractivity contribution in [2.75, 3.05) is 45.1 Å². The molecule has 3 heterocycles. The molecule has 0 N–H and O–H groups in total. The minimum atomic E-state index is 0.132. The lowest BCUT2D eigenvalue weighted by Gasteiger charge is -2.34.